The molecule has 3 rings (SSSR count). The zero-order valence-corrected chi connectivity index (χ0v) is 11.6. The highest BCUT2D eigenvalue weighted by Gasteiger charge is 2.25. The fourth-order valence-corrected chi connectivity index (χ4v) is 2.74. The van der Waals surface area contributed by atoms with E-state index in [2.05, 4.69) is 6.92 Å². The average Bonchev–Trinajstić information content (AvgIpc) is 2.48. The van der Waals surface area contributed by atoms with Gasteiger partial charge < -0.3 is 10.6 Å². The molecule has 0 saturated carbocycles. The second-order valence-corrected chi connectivity index (χ2v) is 5.10. The molecular formula is C17H18N2O. The first-order chi connectivity index (χ1) is 9.70. The Morgan fingerprint density at radius 3 is 2.75 bits per heavy atom. The van der Waals surface area contributed by atoms with Gasteiger partial charge >= 0.3 is 0 Å². The molecule has 3 heteroatoms. The first kappa shape index (κ1) is 12.7. The molecule has 0 spiro atoms. The molecule has 0 aliphatic carbocycles. The van der Waals surface area contributed by atoms with Crippen LogP contribution in [0, 0.1) is 0 Å². The van der Waals surface area contributed by atoms with Crippen LogP contribution in [0.25, 0.3) is 0 Å². The van der Waals surface area contributed by atoms with E-state index in [0.717, 1.165) is 40.9 Å². The molecule has 0 bridgehead atoms. The number of benzene rings is 2. The first-order valence-corrected chi connectivity index (χ1v) is 6.99. The monoisotopic (exact) mass is 266 g/mol. The van der Waals surface area contributed by atoms with Gasteiger partial charge in [-0.15, -0.1) is 0 Å². The molecule has 0 saturated heterocycles. The molecule has 1 aliphatic heterocycles. The van der Waals surface area contributed by atoms with E-state index in [4.69, 9.17) is 5.73 Å². The second kappa shape index (κ2) is 5.00. The van der Waals surface area contributed by atoms with E-state index in [1.807, 2.05) is 47.4 Å². The van der Waals surface area contributed by atoms with Crippen molar-refractivity contribution in [2.45, 2.75) is 19.8 Å². The van der Waals surface area contributed by atoms with E-state index in [1.165, 1.54) is 0 Å². The molecule has 3 nitrogen and oxygen atoms in total. The Balaban J connectivity index is 1.97. The number of aryl methyl sites for hydroxylation is 1. The third kappa shape index (κ3) is 2.05. The van der Waals surface area contributed by atoms with Crippen LogP contribution in [0.3, 0.4) is 0 Å². The van der Waals surface area contributed by atoms with Crippen LogP contribution in [0.1, 0.15) is 28.4 Å². The Kier molecular flexibility index (Phi) is 3.18. The Hall–Kier alpha value is -2.29. The zero-order valence-electron chi connectivity index (χ0n) is 11.6. The summed E-state index contributed by atoms with van der Waals surface area (Å²) in [4.78, 5) is 14.4. The highest BCUT2D eigenvalue weighted by Crippen LogP contribution is 2.27. The lowest BCUT2D eigenvalue weighted by Gasteiger charge is -2.29. The van der Waals surface area contributed by atoms with Crippen LogP contribution in [0.15, 0.2) is 42.5 Å². The molecular weight excluding hydrogens is 248 g/mol. The summed E-state index contributed by atoms with van der Waals surface area (Å²) in [5, 5.41) is 0. The number of fused-ring (bicyclic) bond motifs is 1. The number of nitrogens with two attached hydrogens (primary N) is 1. The van der Waals surface area contributed by atoms with Gasteiger partial charge in [0.25, 0.3) is 5.91 Å². The van der Waals surface area contributed by atoms with Gasteiger partial charge in [-0.3, -0.25) is 4.79 Å². The normalized spacial score (nSPS) is 14.2. The number of amides is 1. The standard InChI is InChI=1S/C17H18N2O/c1-2-12-7-8-14(11-16(12)18)19-10-9-13-5-3-4-6-15(13)17(19)20/h3-8,11H,2,9-10,18H2,1H3. The van der Waals surface area contributed by atoms with Gasteiger partial charge in [-0.1, -0.05) is 31.2 Å². The van der Waals surface area contributed by atoms with Gasteiger partial charge in [0.2, 0.25) is 0 Å². The molecule has 0 atom stereocenters. The lowest BCUT2D eigenvalue weighted by molar-refractivity contribution is 0.0980. The summed E-state index contributed by atoms with van der Waals surface area (Å²) in [6, 6.07) is 13.7. The lowest BCUT2D eigenvalue weighted by Crippen LogP contribution is -2.37. The molecule has 2 aromatic carbocycles. The first-order valence-electron chi connectivity index (χ1n) is 6.99. The van der Waals surface area contributed by atoms with Crippen LogP contribution in [0.4, 0.5) is 11.4 Å². The quantitative estimate of drug-likeness (QED) is 0.849. The summed E-state index contributed by atoms with van der Waals surface area (Å²) in [7, 11) is 0. The molecule has 102 valence electrons. The molecule has 1 heterocycles. The Morgan fingerprint density at radius 1 is 1.20 bits per heavy atom. The zero-order chi connectivity index (χ0) is 14.1. The minimum Gasteiger partial charge on any atom is -0.398 e. The molecule has 1 amide bonds. The largest absolute Gasteiger partial charge is 0.398 e. The van der Waals surface area contributed by atoms with Crippen molar-refractivity contribution in [1.82, 2.24) is 0 Å². The minimum absolute atomic E-state index is 0.0653. The van der Waals surface area contributed by atoms with E-state index < -0.39 is 0 Å². The molecule has 0 fully saturated rings. The second-order valence-electron chi connectivity index (χ2n) is 5.10. The number of anilines is 2. The number of nitrogen functional groups attached to an aromatic ring is 1. The van der Waals surface area contributed by atoms with Crippen molar-refractivity contribution >= 4 is 17.3 Å². The molecule has 1 aliphatic rings. The minimum atomic E-state index is 0.0653. The van der Waals surface area contributed by atoms with E-state index in [-0.39, 0.29) is 5.91 Å². The Morgan fingerprint density at radius 2 is 2.00 bits per heavy atom. The van der Waals surface area contributed by atoms with E-state index >= 15 is 0 Å². The van der Waals surface area contributed by atoms with Crippen LogP contribution in [-0.2, 0) is 12.8 Å². The fourth-order valence-electron chi connectivity index (χ4n) is 2.74. The van der Waals surface area contributed by atoms with Crippen LogP contribution < -0.4 is 10.6 Å². The smallest absolute Gasteiger partial charge is 0.258 e. The summed E-state index contributed by atoms with van der Waals surface area (Å²) in [6.07, 6.45) is 1.79. The lowest BCUT2D eigenvalue weighted by atomic mass is 9.98. The number of carbonyl (C=O) groups excluding carboxylic acids is 1. The van der Waals surface area contributed by atoms with Crippen molar-refractivity contribution in [3.8, 4) is 0 Å². The van der Waals surface area contributed by atoms with E-state index in [1.54, 1.807) is 0 Å². The topological polar surface area (TPSA) is 46.3 Å². The van der Waals surface area contributed by atoms with Crippen LogP contribution in [0.5, 0.6) is 0 Å². The van der Waals surface area contributed by atoms with Crippen molar-refractivity contribution in [3.05, 3.63) is 59.2 Å². The Bertz CT molecular complexity index is 664. The molecule has 0 aromatic heterocycles. The van der Waals surface area contributed by atoms with Gasteiger partial charge in [-0.2, -0.15) is 0 Å². The molecule has 20 heavy (non-hydrogen) atoms. The van der Waals surface area contributed by atoms with Gasteiger partial charge in [0, 0.05) is 23.5 Å². The number of rotatable bonds is 2. The summed E-state index contributed by atoms with van der Waals surface area (Å²) in [6.45, 7) is 2.79. The van der Waals surface area contributed by atoms with Gasteiger partial charge in [-0.25, -0.2) is 0 Å². The summed E-state index contributed by atoms with van der Waals surface area (Å²) >= 11 is 0. The maximum atomic E-state index is 12.6. The van der Waals surface area contributed by atoms with Gasteiger partial charge in [0.1, 0.15) is 0 Å². The highest BCUT2D eigenvalue weighted by molar-refractivity contribution is 6.08. The molecule has 0 radical (unpaired) electrons. The van der Waals surface area contributed by atoms with Crippen LogP contribution in [-0.4, -0.2) is 12.5 Å². The summed E-state index contributed by atoms with van der Waals surface area (Å²) in [5.41, 5.74) is 10.7. The maximum absolute atomic E-state index is 12.6. The summed E-state index contributed by atoms with van der Waals surface area (Å²) < 4.78 is 0. The maximum Gasteiger partial charge on any atom is 0.258 e. The third-order valence-electron chi connectivity index (χ3n) is 3.92. The van der Waals surface area contributed by atoms with E-state index in [0.29, 0.717) is 6.54 Å². The SMILES string of the molecule is CCc1ccc(N2CCc3ccccc3C2=O)cc1N. The third-order valence-corrected chi connectivity index (χ3v) is 3.92. The van der Waals surface area contributed by atoms with Crippen molar-refractivity contribution in [2.24, 2.45) is 0 Å². The fraction of sp³-hybridized carbons (Fsp3) is 0.235. The predicted molar refractivity (Wildman–Crippen MR) is 82.1 cm³/mol. The number of nitrogens with zero attached hydrogens (tertiary/aromatic N) is 1. The predicted octanol–water partition coefficient (Wildman–Crippen LogP) is 3.03. The van der Waals surface area contributed by atoms with Gasteiger partial charge in [0.15, 0.2) is 0 Å². The van der Waals surface area contributed by atoms with E-state index in [9.17, 15) is 4.79 Å². The van der Waals surface area contributed by atoms with Crippen LogP contribution >= 0.6 is 0 Å². The highest BCUT2D eigenvalue weighted by atomic mass is 16.2. The number of hydrogen-bond donors (Lipinski definition) is 1. The van der Waals surface area contributed by atoms with Crippen molar-refractivity contribution in [1.29, 1.82) is 0 Å². The van der Waals surface area contributed by atoms with Crippen molar-refractivity contribution < 1.29 is 4.79 Å². The molecule has 2 aromatic rings. The molecule has 0 unspecified atom stereocenters. The van der Waals surface area contributed by atoms with Crippen molar-refractivity contribution in [3.63, 3.8) is 0 Å². The van der Waals surface area contributed by atoms with Gasteiger partial charge in [0.05, 0.1) is 0 Å². The van der Waals surface area contributed by atoms with Gasteiger partial charge in [-0.05, 0) is 42.2 Å². The number of carbonyl (C=O) groups is 1. The van der Waals surface area contributed by atoms with Crippen LogP contribution in [0.2, 0.25) is 0 Å². The Labute approximate surface area is 119 Å². The summed E-state index contributed by atoms with van der Waals surface area (Å²) in [5.74, 6) is 0.0653. The average molecular weight is 266 g/mol. The number of hydrogen-bond acceptors (Lipinski definition) is 2. The van der Waals surface area contributed by atoms with Crippen molar-refractivity contribution in [2.75, 3.05) is 17.2 Å². The molecule has 2 N–H and O–H groups in total.